The third-order valence-electron chi connectivity index (χ3n) is 3.89. The Hall–Kier alpha value is -0.970. The van der Waals surface area contributed by atoms with Gasteiger partial charge in [0.05, 0.1) is 6.10 Å². The van der Waals surface area contributed by atoms with Crippen molar-refractivity contribution in [1.82, 2.24) is 5.32 Å². The summed E-state index contributed by atoms with van der Waals surface area (Å²) in [4.78, 5) is 0. The number of benzene rings is 1. The van der Waals surface area contributed by atoms with Crippen LogP contribution in [0.2, 0.25) is 0 Å². The summed E-state index contributed by atoms with van der Waals surface area (Å²) in [6, 6.07) is 6.00. The van der Waals surface area contributed by atoms with Crippen LogP contribution in [0.3, 0.4) is 0 Å². The van der Waals surface area contributed by atoms with Crippen LogP contribution >= 0.6 is 0 Å². The Morgan fingerprint density at radius 1 is 1.37 bits per heavy atom. The fourth-order valence-electron chi connectivity index (χ4n) is 2.29. The Labute approximate surface area is 113 Å². The summed E-state index contributed by atoms with van der Waals surface area (Å²) in [7, 11) is 1.72. The molecule has 0 radical (unpaired) electrons. The normalized spacial score (nSPS) is 18.3. The van der Waals surface area contributed by atoms with Gasteiger partial charge >= 0.3 is 0 Å². The third-order valence-corrected chi connectivity index (χ3v) is 3.89. The minimum atomic E-state index is -0.584. The average Bonchev–Trinajstić information content (AvgIpc) is 3.17. The van der Waals surface area contributed by atoms with E-state index < -0.39 is 6.10 Å². The molecule has 1 saturated carbocycles. The maximum absolute atomic E-state index is 12.8. The number of hydrogen-bond donors (Lipinski definition) is 2. The van der Waals surface area contributed by atoms with E-state index in [-0.39, 0.29) is 5.82 Å². The lowest BCUT2D eigenvalue weighted by molar-refractivity contribution is 0.158. The van der Waals surface area contributed by atoms with Gasteiger partial charge in [0, 0.05) is 26.8 Å². The number of nitrogens with one attached hydrogen (secondary N) is 1. The lowest BCUT2D eigenvalue weighted by Crippen LogP contribution is -2.29. The van der Waals surface area contributed by atoms with E-state index in [1.54, 1.807) is 19.2 Å². The molecule has 4 heteroatoms. The van der Waals surface area contributed by atoms with E-state index in [0.717, 1.165) is 25.1 Å². The van der Waals surface area contributed by atoms with Gasteiger partial charge in [-0.3, -0.25) is 0 Å². The minimum absolute atomic E-state index is 0.277. The molecule has 19 heavy (non-hydrogen) atoms. The molecular formula is C15H22FNO2. The summed E-state index contributed by atoms with van der Waals surface area (Å²) in [6.07, 6.45) is 2.95. The molecule has 2 rings (SSSR count). The third kappa shape index (κ3) is 4.27. The number of aliphatic hydroxyl groups excluding tert-OH is 1. The van der Waals surface area contributed by atoms with Gasteiger partial charge in [-0.15, -0.1) is 0 Å². The topological polar surface area (TPSA) is 41.5 Å². The van der Waals surface area contributed by atoms with Gasteiger partial charge in [0.1, 0.15) is 5.82 Å². The highest BCUT2D eigenvalue weighted by Gasteiger charge is 2.41. The molecule has 0 aromatic heterocycles. The molecule has 1 aliphatic rings. The molecule has 1 aromatic carbocycles. The molecule has 0 bridgehead atoms. The zero-order valence-electron chi connectivity index (χ0n) is 11.4. The fraction of sp³-hybridized carbons (Fsp3) is 0.600. The van der Waals surface area contributed by atoms with E-state index in [1.807, 2.05) is 0 Å². The molecule has 3 nitrogen and oxygen atoms in total. The first kappa shape index (κ1) is 14.4. The van der Waals surface area contributed by atoms with Gasteiger partial charge in [0.2, 0.25) is 0 Å². The molecule has 0 heterocycles. The Morgan fingerprint density at radius 2 is 2.05 bits per heavy atom. The van der Waals surface area contributed by atoms with Gasteiger partial charge in [0.15, 0.2) is 0 Å². The molecule has 1 unspecified atom stereocenters. The van der Waals surface area contributed by atoms with E-state index in [2.05, 4.69) is 5.32 Å². The number of aliphatic hydroxyl groups is 1. The van der Waals surface area contributed by atoms with E-state index in [0.29, 0.717) is 12.0 Å². The highest BCUT2D eigenvalue weighted by molar-refractivity contribution is 5.18. The van der Waals surface area contributed by atoms with E-state index in [4.69, 9.17) is 4.74 Å². The van der Waals surface area contributed by atoms with Crippen molar-refractivity contribution in [1.29, 1.82) is 0 Å². The maximum atomic E-state index is 12.8. The smallest absolute Gasteiger partial charge is 0.123 e. The Bertz CT molecular complexity index is 390. The quantitative estimate of drug-likeness (QED) is 0.759. The van der Waals surface area contributed by atoms with Gasteiger partial charge in [-0.25, -0.2) is 4.39 Å². The van der Waals surface area contributed by atoms with Gasteiger partial charge in [-0.2, -0.15) is 0 Å². The molecule has 1 aromatic rings. The molecule has 0 aliphatic heterocycles. The second-order valence-corrected chi connectivity index (χ2v) is 5.44. The molecule has 0 amide bonds. The van der Waals surface area contributed by atoms with Crippen LogP contribution in [0, 0.1) is 11.2 Å². The van der Waals surface area contributed by atoms with Crippen molar-refractivity contribution < 1.29 is 14.2 Å². The lowest BCUT2D eigenvalue weighted by Gasteiger charge is -2.17. The second kappa shape index (κ2) is 6.46. The van der Waals surface area contributed by atoms with E-state index >= 15 is 0 Å². The summed E-state index contributed by atoms with van der Waals surface area (Å²) in [6.45, 7) is 2.21. The number of methoxy groups -OCH3 is 1. The summed E-state index contributed by atoms with van der Waals surface area (Å²) >= 11 is 0. The molecule has 0 saturated heterocycles. The molecule has 1 aliphatic carbocycles. The van der Waals surface area contributed by atoms with Crippen molar-refractivity contribution in [2.75, 3.05) is 26.8 Å². The van der Waals surface area contributed by atoms with Crippen molar-refractivity contribution in [3.63, 3.8) is 0 Å². The Morgan fingerprint density at radius 3 is 2.63 bits per heavy atom. The van der Waals surface area contributed by atoms with Gasteiger partial charge in [0.25, 0.3) is 0 Å². The van der Waals surface area contributed by atoms with E-state index in [1.165, 1.54) is 25.0 Å². The summed E-state index contributed by atoms with van der Waals surface area (Å²) < 4.78 is 17.9. The number of halogens is 1. The van der Waals surface area contributed by atoms with Crippen LogP contribution in [-0.4, -0.2) is 31.9 Å². The minimum Gasteiger partial charge on any atom is -0.387 e. The number of rotatable bonds is 8. The largest absolute Gasteiger partial charge is 0.387 e. The lowest BCUT2D eigenvalue weighted by atomic mass is 10.0. The Kier molecular flexibility index (Phi) is 4.91. The first-order valence-corrected chi connectivity index (χ1v) is 6.78. The van der Waals surface area contributed by atoms with Gasteiger partial charge in [-0.1, -0.05) is 12.1 Å². The SMILES string of the molecule is COCCC1(CNCC(O)c2ccc(F)cc2)CC1. The zero-order valence-corrected chi connectivity index (χ0v) is 11.4. The van der Waals surface area contributed by atoms with Crippen LogP contribution in [0.15, 0.2) is 24.3 Å². The first-order chi connectivity index (χ1) is 9.15. The van der Waals surface area contributed by atoms with Crippen molar-refractivity contribution in [3.05, 3.63) is 35.6 Å². The predicted octanol–water partition coefficient (Wildman–Crippen LogP) is 2.27. The molecular weight excluding hydrogens is 245 g/mol. The number of hydrogen-bond acceptors (Lipinski definition) is 3. The van der Waals surface area contributed by atoms with Crippen molar-refractivity contribution in [3.8, 4) is 0 Å². The summed E-state index contributed by atoms with van der Waals surface area (Å²) in [5.74, 6) is -0.277. The zero-order chi connectivity index (χ0) is 13.7. The monoisotopic (exact) mass is 267 g/mol. The van der Waals surface area contributed by atoms with Crippen LogP contribution in [-0.2, 0) is 4.74 Å². The molecule has 0 spiro atoms. The molecule has 2 N–H and O–H groups in total. The number of ether oxygens (including phenoxy) is 1. The van der Waals surface area contributed by atoms with E-state index in [9.17, 15) is 9.50 Å². The predicted molar refractivity (Wildman–Crippen MR) is 72.4 cm³/mol. The molecule has 1 fully saturated rings. The van der Waals surface area contributed by atoms with Crippen molar-refractivity contribution in [2.24, 2.45) is 5.41 Å². The van der Waals surface area contributed by atoms with Crippen molar-refractivity contribution >= 4 is 0 Å². The second-order valence-electron chi connectivity index (χ2n) is 5.44. The highest BCUT2D eigenvalue weighted by Crippen LogP contribution is 2.48. The molecule has 1 atom stereocenters. The summed E-state index contributed by atoms with van der Waals surface area (Å²) in [5.41, 5.74) is 1.12. The van der Waals surface area contributed by atoms with Crippen LogP contribution in [0.5, 0.6) is 0 Å². The van der Waals surface area contributed by atoms with Crippen LogP contribution in [0.4, 0.5) is 4.39 Å². The van der Waals surface area contributed by atoms with Crippen LogP contribution in [0.25, 0.3) is 0 Å². The van der Waals surface area contributed by atoms with Crippen LogP contribution < -0.4 is 5.32 Å². The molecule has 106 valence electrons. The average molecular weight is 267 g/mol. The standard InChI is InChI=1S/C15H22FNO2/c1-19-9-8-15(6-7-15)11-17-10-14(18)12-2-4-13(16)5-3-12/h2-5,14,17-18H,6-11H2,1H3. The Balaban J connectivity index is 1.72. The first-order valence-electron chi connectivity index (χ1n) is 6.78. The van der Waals surface area contributed by atoms with Crippen LogP contribution in [0.1, 0.15) is 30.9 Å². The van der Waals surface area contributed by atoms with Gasteiger partial charge < -0.3 is 15.2 Å². The fourth-order valence-corrected chi connectivity index (χ4v) is 2.29. The van der Waals surface area contributed by atoms with Crippen molar-refractivity contribution in [2.45, 2.75) is 25.4 Å². The van der Waals surface area contributed by atoms with Gasteiger partial charge in [-0.05, 0) is 42.4 Å². The highest BCUT2D eigenvalue weighted by atomic mass is 19.1. The summed E-state index contributed by atoms with van der Waals surface area (Å²) in [5, 5.41) is 13.3. The maximum Gasteiger partial charge on any atom is 0.123 e.